The van der Waals surface area contributed by atoms with Crippen molar-refractivity contribution in [3.8, 4) is 6.01 Å². The van der Waals surface area contributed by atoms with Gasteiger partial charge in [-0.25, -0.2) is 21.6 Å². The second-order valence-corrected chi connectivity index (χ2v) is 10.4. The van der Waals surface area contributed by atoms with Crippen LogP contribution in [0.5, 0.6) is 6.01 Å². The van der Waals surface area contributed by atoms with E-state index in [1.165, 1.54) is 35.7 Å². The third-order valence-corrected chi connectivity index (χ3v) is 8.27. The van der Waals surface area contributed by atoms with Gasteiger partial charge in [0.15, 0.2) is 5.82 Å². The number of benzene rings is 1. The molecule has 1 atom stereocenters. The molecule has 10 nitrogen and oxygen atoms in total. The first-order valence-electron chi connectivity index (χ1n) is 9.30. The van der Waals surface area contributed by atoms with Gasteiger partial charge in [0.2, 0.25) is 20.0 Å². The largest absolute Gasteiger partial charge is 0.467 e. The summed E-state index contributed by atoms with van der Waals surface area (Å²) >= 11 is 0. The van der Waals surface area contributed by atoms with Gasteiger partial charge in [0.1, 0.15) is 0 Å². The average molecular weight is 444 g/mol. The zero-order valence-corrected chi connectivity index (χ0v) is 18.2. The van der Waals surface area contributed by atoms with Gasteiger partial charge in [-0.15, -0.1) is 5.10 Å². The maximum Gasteiger partial charge on any atom is 0.316 e. The minimum absolute atomic E-state index is 0.0285. The topological polar surface area (TPSA) is 123 Å². The van der Waals surface area contributed by atoms with Crippen molar-refractivity contribution in [1.29, 1.82) is 0 Å². The molecule has 1 N–H and O–H groups in total. The molecule has 2 heterocycles. The summed E-state index contributed by atoms with van der Waals surface area (Å²) in [4.78, 5) is 0.0566. The van der Waals surface area contributed by atoms with Gasteiger partial charge in [0.25, 0.3) is 0 Å². The molecule has 0 bridgehead atoms. The number of hydrogen-bond donors (Lipinski definition) is 1. The zero-order valence-electron chi connectivity index (χ0n) is 16.6. The molecule has 0 amide bonds. The van der Waals surface area contributed by atoms with E-state index in [1.54, 1.807) is 11.5 Å². The Morgan fingerprint density at radius 3 is 2.21 bits per heavy atom. The van der Waals surface area contributed by atoms with Crippen LogP contribution in [0.1, 0.15) is 38.6 Å². The number of methoxy groups -OCH3 is 1. The van der Waals surface area contributed by atoms with Crippen LogP contribution in [0.15, 0.2) is 34.1 Å². The smallest absolute Gasteiger partial charge is 0.316 e. The fourth-order valence-electron chi connectivity index (χ4n) is 3.29. The van der Waals surface area contributed by atoms with E-state index in [2.05, 4.69) is 14.9 Å². The molecular weight excluding hydrogens is 418 g/mol. The van der Waals surface area contributed by atoms with Gasteiger partial charge in [0, 0.05) is 19.6 Å². The van der Waals surface area contributed by atoms with Crippen molar-refractivity contribution in [3.05, 3.63) is 30.1 Å². The van der Waals surface area contributed by atoms with Crippen LogP contribution < -0.4 is 9.46 Å². The molecule has 29 heavy (non-hydrogen) atoms. The molecular formula is C17H25N5O5S2. The minimum Gasteiger partial charge on any atom is -0.467 e. The number of ether oxygens (including phenoxy) is 1. The molecule has 3 rings (SSSR count). The first-order chi connectivity index (χ1) is 13.7. The lowest BCUT2D eigenvalue weighted by Crippen LogP contribution is -2.29. The van der Waals surface area contributed by atoms with Crippen molar-refractivity contribution < 1.29 is 21.6 Å². The minimum atomic E-state index is -3.89. The summed E-state index contributed by atoms with van der Waals surface area (Å²) in [5, 5.41) is 7.89. The highest BCUT2D eigenvalue weighted by molar-refractivity contribution is 7.89. The molecule has 1 saturated heterocycles. The van der Waals surface area contributed by atoms with E-state index >= 15 is 0 Å². The molecule has 160 valence electrons. The first kappa shape index (κ1) is 21.7. The predicted octanol–water partition coefficient (Wildman–Crippen LogP) is 1.13. The summed E-state index contributed by atoms with van der Waals surface area (Å²) in [6.45, 7) is 5.02. The monoisotopic (exact) mass is 443 g/mol. The Balaban J connectivity index is 1.80. The van der Waals surface area contributed by atoms with E-state index < -0.39 is 26.1 Å². The number of rotatable bonds is 8. The molecule has 1 aliphatic heterocycles. The molecule has 0 saturated carbocycles. The molecule has 2 aromatic rings. The molecule has 0 radical (unpaired) electrons. The standard InChI is InChI=1S/C17H25N5O5S2/c1-4-22-16(18-19-17(22)27-3)13(2)20-28(23,24)14-7-9-15(10-8-14)29(25,26)21-11-5-6-12-21/h7-10,13,20H,4-6,11-12H2,1-3H3/t13-/m1/s1. The Hall–Kier alpha value is -2.02. The fraction of sp³-hybridized carbons (Fsp3) is 0.529. The third-order valence-electron chi connectivity index (χ3n) is 4.80. The van der Waals surface area contributed by atoms with Crippen LogP contribution in [-0.4, -0.2) is 56.1 Å². The van der Waals surface area contributed by atoms with E-state index in [4.69, 9.17) is 4.74 Å². The van der Waals surface area contributed by atoms with E-state index in [1.807, 2.05) is 6.92 Å². The average Bonchev–Trinajstić information content (AvgIpc) is 3.37. The summed E-state index contributed by atoms with van der Waals surface area (Å²) in [6.07, 6.45) is 1.67. The summed E-state index contributed by atoms with van der Waals surface area (Å²) < 4.78 is 61.4. The van der Waals surface area contributed by atoms with Crippen LogP contribution >= 0.6 is 0 Å². The summed E-state index contributed by atoms with van der Waals surface area (Å²) in [5.74, 6) is 0.418. The number of nitrogens with one attached hydrogen (secondary N) is 1. The van der Waals surface area contributed by atoms with Crippen molar-refractivity contribution >= 4 is 20.0 Å². The van der Waals surface area contributed by atoms with Crippen LogP contribution in [0.4, 0.5) is 0 Å². The number of sulfonamides is 2. The Bertz CT molecular complexity index is 1060. The van der Waals surface area contributed by atoms with Crippen LogP contribution in [0.2, 0.25) is 0 Å². The normalized spacial score (nSPS) is 16.8. The SMILES string of the molecule is CCn1c(OC)nnc1[C@@H](C)NS(=O)(=O)c1ccc(S(=O)(=O)N2CCCC2)cc1. The van der Waals surface area contributed by atoms with E-state index in [9.17, 15) is 16.8 Å². The molecule has 1 fully saturated rings. The van der Waals surface area contributed by atoms with Crippen LogP contribution in [0, 0.1) is 0 Å². The lowest BCUT2D eigenvalue weighted by Gasteiger charge is -2.17. The van der Waals surface area contributed by atoms with Crippen LogP contribution in [0.3, 0.4) is 0 Å². The van der Waals surface area contributed by atoms with Gasteiger partial charge in [-0.05, 0) is 51.0 Å². The Morgan fingerprint density at radius 2 is 1.66 bits per heavy atom. The lowest BCUT2D eigenvalue weighted by atomic mass is 10.3. The second kappa shape index (κ2) is 8.38. The highest BCUT2D eigenvalue weighted by Crippen LogP contribution is 2.23. The van der Waals surface area contributed by atoms with E-state index in [0.717, 1.165) is 12.8 Å². The van der Waals surface area contributed by atoms with Gasteiger partial charge in [-0.2, -0.15) is 4.31 Å². The van der Waals surface area contributed by atoms with Crippen molar-refractivity contribution in [1.82, 2.24) is 23.8 Å². The third kappa shape index (κ3) is 4.29. The Morgan fingerprint density at radius 1 is 1.07 bits per heavy atom. The quantitative estimate of drug-likeness (QED) is 0.649. The van der Waals surface area contributed by atoms with Crippen molar-refractivity contribution in [3.63, 3.8) is 0 Å². The highest BCUT2D eigenvalue weighted by Gasteiger charge is 2.28. The summed E-state index contributed by atoms with van der Waals surface area (Å²) in [7, 11) is -6.02. The van der Waals surface area contributed by atoms with Gasteiger partial charge < -0.3 is 4.74 Å². The lowest BCUT2D eigenvalue weighted by molar-refractivity contribution is 0.354. The van der Waals surface area contributed by atoms with Gasteiger partial charge in [-0.1, -0.05) is 5.10 Å². The van der Waals surface area contributed by atoms with Crippen LogP contribution in [-0.2, 0) is 26.6 Å². The maximum atomic E-state index is 12.7. The second-order valence-electron chi connectivity index (χ2n) is 6.71. The van der Waals surface area contributed by atoms with Gasteiger partial charge in [-0.3, -0.25) is 4.57 Å². The van der Waals surface area contributed by atoms with Gasteiger partial charge >= 0.3 is 6.01 Å². The van der Waals surface area contributed by atoms with E-state index in [-0.39, 0.29) is 9.79 Å². The van der Waals surface area contributed by atoms with Crippen molar-refractivity contribution in [2.75, 3.05) is 20.2 Å². The Kier molecular flexibility index (Phi) is 6.27. The first-order valence-corrected chi connectivity index (χ1v) is 12.2. The maximum absolute atomic E-state index is 12.7. The molecule has 1 aromatic carbocycles. The fourth-order valence-corrected chi connectivity index (χ4v) is 6.01. The molecule has 1 aromatic heterocycles. The van der Waals surface area contributed by atoms with Crippen molar-refractivity contribution in [2.45, 2.75) is 49.1 Å². The summed E-state index contributed by atoms with van der Waals surface area (Å²) in [5.41, 5.74) is 0. The van der Waals surface area contributed by atoms with Crippen LogP contribution in [0.25, 0.3) is 0 Å². The molecule has 0 spiro atoms. The molecule has 1 aliphatic rings. The van der Waals surface area contributed by atoms with Gasteiger partial charge in [0.05, 0.1) is 22.9 Å². The predicted molar refractivity (Wildman–Crippen MR) is 105 cm³/mol. The number of hydrogen-bond acceptors (Lipinski definition) is 7. The zero-order chi connectivity index (χ0) is 21.2. The van der Waals surface area contributed by atoms with E-state index in [0.29, 0.717) is 31.5 Å². The molecule has 0 aliphatic carbocycles. The highest BCUT2D eigenvalue weighted by atomic mass is 32.2. The summed E-state index contributed by atoms with van der Waals surface area (Å²) in [6, 6.07) is 4.87. The number of nitrogens with zero attached hydrogens (tertiary/aromatic N) is 4. The Labute approximate surface area is 171 Å². The van der Waals surface area contributed by atoms with Crippen molar-refractivity contribution in [2.24, 2.45) is 0 Å². The molecule has 12 heteroatoms. The molecule has 0 unspecified atom stereocenters. The number of aromatic nitrogens is 3.